The molecular formula is C4H14O9P4. The first-order valence-electron chi connectivity index (χ1n) is 4.05. The van der Waals surface area contributed by atoms with Gasteiger partial charge in [-0.25, -0.2) is 4.31 Å². The molecule has 17 heavy (non-hydrogen) atoms. The van der Waals surface area contributed by atoms with E-state index in [1.165, 1.54) is 0 Å². The van der Waals surface area contributed by atoms with Crippen LogP contribution >= 0.6 is 29.9 Å². The van der Waals surface area contributed by atoms with E-state index >= 15 is 0 Å². The molecule has 0 saturated heterocycles. The summed E-state index contributed by atoms with van der Waals surface area (Å²) in [6, 6.07) is 0. The van der Waals surface area contributed by atoms with Gasteiger partial charge < -0.3 is 19.6 Å². The second-order valence-electron chi connectivity index (χ2n) is 3.74. The van der Waals surface area contributed by atoms with Crippen molar-refractivity contribution in [3.05, 3.63) is 0 Å². The summed E-state index contributed by atoms with van der Waals surface area (Å²) < 4.78 is 48.1. The van der Waals surface area contributed by atoms with E-state index in [2.05, 4.69) is 4.31 Å². The summed E-state index contributed by atoms with van der Waals surface area (Å²) in [6.45, 7) is 1.55. The first-order valence-corrected chi connectivity index (χ1v) is 12.2. The molecular weight excluding hydrogens is 316 g/mol. The van der Waals surface area contributed by atoms with Crippen LogP contribution < -0.4 is 0 Å². The van der Waals surface area contributed by atoms with Gasteiger partial charge in [0.05, 0.1) is 0 Å². The summed E-state index contributed by atoms with van der Waals surface area (Å²) in [4.78, 5) is 35.9. The highest BCUT2D eigenvalue weighted by Crippen LogP contribution is 2.67. The van der Waals surface area contributed by atoms with Gasteiger partial charge in [0.25, 0.3) is 0 Å². The van der Waals surface area contributed by atoms with Gasteiger partial charge in [-0.15, -0.1) is 0 Å². The van der Waals surface area contributed by atoms with Gasteiger partial charge in [-0.05, 0) is 0 Å². The van der Waals surface area contributed by atoms with E-state index in [1.54, 1.807) is 0 Å². The minimum atomic E-state index is -4.78. The Morgan fingerprint density at radius 2 is 1.00 bits per heavy atom. The molecule has 0 rings (SSSR count). The molecule has 0 saturated carbocycles. The monoisotopic (exact) mass is 330 g/mol. The van der Waals surface area contributed by atoms with Crippen molar-refractivity contribution in [2.24, 2.45) is 0 Å². The fourth-order valence-electron chi connectivity index (χ4n) is 0.914. The zero-order chi connectivity index (χ0) is 14.1. The van der Waals surface area contributed by atoms with Gasteiger partial charge in [-0.2, -0.15) is 0 Å². The fraction of sp³-hybridized carbons (Fsp3) is 1.00. The summed E-state index contributed by atoms with van der Waals surface area (Å²) in [5.41, 5.74) is 0. The Morgan fingerprint density at radius 1 is 0.765 bits per heavy atom. The third-order valence-corrected chi connectivity index (χ3v) is 10.2. The molecule has 0 amide bonds. The minimum absolute atomic E-state index is 0.776. The van der Waals surface area contributed by atoms with Crippen LogP contribution in [0.4, 0.5) is 0 Å². The van der Waals surface area contributed by atoms with Crippen molar-refractivity contribution in [3.8, 4) is 0 Å². The molecule has 4 atom stereocenters. The van der Waals surface area contributed by atoms with Crippen LogP contribution in [0.25, 0.3) is 0 Å². The quantitative estimate of drug-likeness (QED) is 0.523. The summed E-state index contributed by atoms with van der Waals surface area (Å²) in [5.74, 6) is -2.41. The molecule has 4 N–H and O–H groups in total. The average Bonchev–Trinajstić information content (AvgIpc) is 1.65. The zero-order valence-corrected chi connectivity index (χ0v) is 12.6. The Kier molecular flexibility index (Phi) is 5.60. The molecule has 4 unspecified atom stereocenters. The normalized spacial score (nSPS) is 26.2. The van der Waals surface area contributed by atoms with Crippen LogP contribution in [0.3, 0.4) is 0 Å². The summed E-state index contributed by atoms with van der Waals surface area (Å²) in [7, 11) is -17.4. The number of hydrogen-bond acceptors (Lipinski definition) is 5. The maximum Gasteiger partial charge on any atom is 0.344 e. The Morgan fingerprint density at radius 3 is 1.18 bits per heavy atom. The van der Waals surface area contributed by atoms with Crippen molar-refractivity contribution in [2.45, 2.75) is 0 Å². The van der Waals surface area contributed by atoms with Gasteiger partial charge in [0.1, 0.15) is 11.8 Å². The lowest BCUT2D eigenvalue weighted by molar-refractivity contribution is 0.337. The summed E-state index contributed by atoms with van der Waals surface area (Å²) in [5, 5.41) is 0. The second-order valence-corrected chi connectivity index (χ2v) is 13.4. The zero-order valence-electron chi connectivity index (χ0n) is 9.03. The van der Waals surface area contributed by atoms with Crippen molar-refractivity contribution in [3.63, 3.8) is 0 Å². The molecule has 0 bridgehead atoms. The van der Waals surface area contributed by atoms with Gasteiger partial charge in [0, 0.05) is 13.3 Å². The highest BCUT2D eigenvalue weighted by Gasteiger charge is 2.39. The van der Waals surface area contributed by atoms with Gasteiger partial charge in [0.2, 0.25) is 14.7 Å². The first-order chi connectivity index (χ1) is 7.12. The molecule has 0 fully saturated rings. The van der Waals surface area contributed by atoms with Crippen LogP contribution in [0.2, 0.25) is 0 Å². The van der Waals surface area contributed by atoms with Gasteiger partial charge in [-0.1, -0.05) is 0 Å². The molecule has 0 aromatic heterocycles. The molecule has 0 aliphatic carbocycles. The Bertz CT molecular complexity index is 414. The number of rotatable bonds is 6. The Balaban J connectivity index is 4.84. The van der Waals surface area contributed by atoms with Crippen molar-refractivity contribution in [2.75, 3.05) is 25.1 Å². The van der Waals surface area contributed by atoms with Crippen molar-refractivity contribution < 1.29 is 42.1 Å². The molecule has 104 valence electrons. The second kappa shape index (κ2) is 5.38. The highest BCUT2D eigenvalue weighted by molar-refractivity contribution is 7.79. The Labute approximate surface area is 97.8 Å². The maximum atomic E-state index is 11.2. The predicted molar refractivity (Wildman–Crippen MR) is 62.0 cm³/mol. The molecule has 0 aliphatic heterocycles. The summed E-state index contributed by atoms with van der Waals surface area (Å²) in [6.07, 6.45) is 0. The van der Waals surface area contributed by atoms with Gasteiger partial charge in [0.15, 0.2) is 0 Å². The molecule has 0 aromatic carbocycles. The van der Waals surface area contributed by atoms with Crippen LogP contribution in [0, 0.1) is 0 Å². The molecule has 0 heterocycles. The standard InChI is InChI=1S/C4H14O9P4/c1-14(5,6)3-16(9,10)13-17(11,12)4-15(2,7)8/h3-4H2,1-2H3,(H,5,6)(H,7,8)(H,9,10)(H,11,12). The third-order valence-electron chi connectivity index (χ3n) is 1.14. The average molecular weight is 330 g/mol. The molecule has 0 spiro atoms. The van der Waals surface area contributed by atoms with Crippen LogP contribution in [0.1, 0.15) is 0 Å². The van der Waals surface area contributed by atoms with Crippen LogP contribution in [-0.4, -0.2) is 44.7 Å². The lowest BCUT2D eigenvalue weighted by atomic mass is 11.9. The molecule has 9 nitrogen and oxygen atoms in total. The largest absolute Gasteiger partial charge is 0.344 e. The van der Waals surface area contributed by atoms with E-state index in [1.807, 2.05) is 0 Å². The lowest BCUT2D eigenvalue weighted by Gasteiger charge is -2.18. The maximum absolute atomic E-state index is 11.2. The molecule has 0 aliphatic rings. The van der Waals surface area contributed by atoms with Crippen molar-refractivity contribution >= 4 is 29.9 Å². The summed E-state index contributed by atoms with van der Waals surface area (Å²) >= 11 is 0. The highest BCUT2D eigenvalue weighted by atomic mass is 31.3. The number of hydrogen-bond donors (Lipinski definition) is 4. The van der Waals surface area contributed by atoms with E-state index in [9.17, 15) is 18.3 Å². The van der Waals surface area contributed by atoms with Gasteiger partial charge in [-0.3, -0.25) is 18.3 Å². The van der Waals surface area contributed by atoms with E-state index in [4.69, 9.17) is 19.6 Å². The fourth-order valence-corrected chi connectivity index (χ4v) is 9.16. The van der Waals surface area contributed by atoms with Crippen LogP contribution in [0.15, 0.2) is 0 Å². The third kappa shape index (κ3) is 10.3. The van der Waals surface area contributed by atoms with E-state index < -0.39 is 41.7 Å². The first kappa shape index (κ1) is 17.7. The minimum Gasteiger partial charge on any atom is -0.344 e. The van der Waals surface area contributed by atoms with E-state index in [-0.39, 0.29) is 0 Å². The van der Waals surface area contributed by atoms with Crippen molar-refractivity contribution in [1.82, 2.24) is 0 Å². The lowest BCUT2D eigenvalue weighted by Crippen LogP contribution is -1.98. The van der Waals surface area contributed by atoms with Crippen molar-refractivity contribution in [1.29, 1.82) is 0 Å². The van der Waals surface area contributed by atoms with Crippen LogP contribution in [-0.2, 0) is 22.6 Å². The van der Waals surface area contributed by atoms with Crippen LogP contribution in [0.5, 0.6) is 0 Å². The van der Waals surface area contributed by atoms with E-state index in [0.717, 1.165) is 13.3 Å². The molecule has 0 radical (unpaired) electrons. The smallest absolute Gasteiger partial charge is 0.344 e. The topological polar surface area (TPSA) is 158 Å². The predicted octanol–water partition coefficient (Wildman–Crippen LogP) is 1.09. The molecule has 13 heteroatoms. The van der Waals surface area contributed by atoms with Gasteiger partial charge >= 0.3 is 15.2 Å². The van der Waals surface area contributed by atoms with E-state index in [0.29, 0.717) is 0 Å². The molecule has 0 aromatic rings. The SMILES string of the molecule is CP(=O)(O)CP(=O)(O)OP(=O)(O)CP(C)(=O)O. The Hall–Kier alpha value is 0.720.